The van der Waals surface area contributed by atoms with Crippen LogP contribution in [-0.4, -0.2) is 29.8 Å². The Morgan fingerprint density at radius 3 is 2.54 bits per heavy atom. The fourth-order valence-corrected chi connectivity index (χ4v) is 4.37. The van der Waals surface area contributed by atoms with Gasteiger partial charge in [-0.25, -0.2) is 8.78 Å². The van der Waals surface area contributed by atoms with E-state index in [2.05, 4.69) is 0 Å². The quantitative estimate of drug-likeness (QED) is 0.803. The number of aryl methyl sites for hydroxylation is 1. The Kier molecular flexibility index (Phi) is 4.87. The number of rotatable bonds is 3. The summed E-state index contributed by atoms with van der Waals surface area (Å²) in [5.41, 5.74) is 2.45. The topological polar surface area (TPSA) is 40.6 Å². The normalized spacial score (nSPS) is 22.2. The first-order valence-electron chi connectivity index (χ1n) is 9.56. The molecule has 28 heavy (non-hydrogen) atoms. The molecule has 4 nitrogen and oxygen atoms in total. The van der Waals surface area contributed by atoms with Crippen LogP contribution in [0.1, 0.15) is 36.4 Å². The van der Waals surface area contributed by atoms with Crippen LogP contribution in [0.5, 0.6) is 0 Å². The molecule has 0 unspecified atom stereocenters. The van der Waals surface area contributed by atoms with E-state index in [-0.39, 0.29) is 36.5 Å². The van der Waals surface area contributed by atoms with Crippen molar-refractivity contribution < 1.29 is 18.4 Å². The van der Waals surface area contributed by atoms with E-state index >= 15 is 0 Å². The molecule has 2 heterocycles. The number of anilines is 1. The Labute approximate surface area is 162 Å². The molecule has 2 saturated heterocycles. The van der Waals surface area contributed by atoms with Crippen molar-refractivity contribution in [2.24, 2.45) is 5.92 Å². The molecular formula is C22H22F2N2O2. The van der Waals surface area contributed by atoms with Crippen LogP contribution in [0.25, 0.3) is 0 Å². The second-order valence-corrected chi connectivity index (χ2v) is 7.58. The van der Waals surface area contributed by atoms with Crippen molar-refractivity contribution >= 4 is 17.5 Å². The van der Waals surface area contributed by atoms with E-state index in [9.17, 15) is 18.4 Å². The van der Waals surface area contributed by atoms with Gasteiger partial charge in [-0.2, -0.15) is 0 Å². The predicted molar refractivity (Wildman–Crippen MR) is 102 cm³/mol. The molecule has 2 fully saturated rings. The molecule has 6 heteroatoms. The van der Waals surface area contributed by atoms with Crippen LogP contribution in [0.2, 0.25) is 0 Å². The van der Waals surface area contributed by atoms with Gasteiger partial charge in [-0.15, -0.1) is 0 Å². The highest BCUT2D eigenvalue weighted by molar-refractivity contribution is 6.00. The highest BCUT2D eigenvalue weighted by Crippen LogP contribution is 2.36. The molecule has 2 aliphatic heterocycles. The van der Waals surface area contributed by atoms with Gasteiger partial charge in [0.2, 0.25) is 11.8 Å². The first kappa shape index (κ1) is 18.6. The maximum Gasteiger partial charge on any atom is 0.228 e. The zero-order valence-electron chi connectivity index (χ0n) is 15.7. The second kappa shape index (κ2) is 7.34. The van der Waals surface area contributed by atoms with Crippen molar-refractivity contribution in [3.63, 3.8) is 0 Å². The highest BCUT2D eigenvalue weighted by atomic mass is 19.1. The van der Waals surface area contributed by atoms with E-state index < -0.39 is 17.6 Å². The number of hydrogen-bond acceptors (Lipinski definition) is 2. The van der Waals surface area contributed by atoms with Gasteiger partial charge in [0.15, 0.2) is 0 Å². The summed E-state index contributed by atoms with van der Waals surface area (Å²) in [4.78, 5) is 28.8. The van der Waals surface area contributed by atoms with Crippen molar-refractivity contribution in [2.75, 3.05) is 18.0 Å². The summed E-state index contributed by atoms with van der Waals surface area (Å²) < 4.78 is 27.1. The molecule has 4 rings (SSSR count). The molecule has 2 aliphatic rings. The van der Waals surface area contributed by atoms with E-state index in [0.717, 1.165) is 42.2 Å². The Hall–Kier alpha value is -2.76. The molecule has 0 N–H and O–H groups in total. The maximum atomic E-state index is 13.5. The van der Waals surface area contributed by atoms with Crippen molar-refractivity contribution in [3.8, 4) is 0 Å². The summed E-state index contributed by atoms with van der Waals surface area (Å²) >= 11 is 0. The molecule has 0 radical (unpaired) electrons. The monoisotopic (exact) mass is 384 g/mol. The summed E-state index contributed by atoms with van der Waals surface area (Å²) in [5.74, 6) is -2.31. The fraction of sp³-hybridized carbons (Fsp3) is 0.364. The number of nitrogens with zero attached hydrogens (tertiary/aromatic N) is 2. The van der Waals surface area contributed by atoms with Crippen molar-refractivity contribution in [1.82, 2.24) is 4.90 Å². The lowest BCUT2D eigenvalue weighted by Gasteiger charge is -2.28. The largest absolute Gasteiger partial charge is 0.335 e. The minimum Gasteiger partial charge on any atom is -0.335 e. The van der Waals surface area contributed by atoms with Gasteiger partial charge >= 0.3 is 0 Å². The van der Waals surface area contributed by atoms with Crippen LogP contribution in [0.3, 0.4) is 0 Å². The number of amides is 2. The predicted octanol–water partition coefficient (Wildman–Crippen LogP) is 3.99. The Morgan fingerprint density at radius 2 is 1.82 bits per heavy atom. The molecule has 2 aromatic rings. The molecule has 0 spiro atoms. The van der Waals surface area contributed by atoms with Crippen molar-refractivity contribution in [3.05, 3.63) is 65.2 Å². The molecule has 2 atom stereocenters. The zero-order valence-corrected chi connectivity index (χ0v) is 15.7. The van der Waals surface area contributed by atoms with E-state index in [4.69, 9.17) is 0 Å². The van der Waals surface area contributed by atoms with Gasteiger partial charge in [-0.3, -0.25) is 9.59 Å². The summed E-state index contributed by atoms with van der Waals surface area (Å²) in [6.45, 7) is 2.85. The average Bonchev–Trinajstić information content (AvgIpc) is 3.27. The molecule has 2 amide bonds. The maximum absolute atomic E-state index is 13.5. The minimum absolute atomic E-state index is 0.0180. The number of likely N-dealkylation sites (tertiary alicyclic amines) is 1. The van der Waals surface area contributed by atoms with Crippen LogP contribution in [0.15, 0.2) is 42.5 Å². The van der Waals surface area contributed by atoms with Crippen LogP contribution < -0.4 is 4.90 Å². The first-order valence-corrected chi connectivity index (χ1v) is 9.56. The number of carbonyl (C=O) groups is 2. The van der Waals surface area contributed by atoms with E-state index in [1.807, 2.05) is 36.1 Å². The molecule has 0 bridgehead atoms. The van der Waals surface area contributed by atoms with E-state index in [0.29, 0.717) is 6.54 Å². The molecular weight excluding hydrogens is 362 g/mol. The van der Waals surface area contributed by atoms with Crippen molar-refractivity contribution in [2.45, 2.75) is 32.2 Å². The van der Waals surface area contributed by atoms with Gasteiger partial charge < -0.3 is 9.80 Å². The van der Waals surface area contributed by atoms with Crippen molar-refractivity contribution in [1.29, 1.82) is 0 Å². The SMILES string of the molecule is Cc1ccccc1[C@H]1CCCN1C(=O)[C@H]1CC(=O)N(c2cc(F)cc(F)c2)C1. The summed E-state index contributed by atoms with van der Waals surface area (Å²) in [6, 6.07) is 11.1. The number of carbonyl (C=O) groups excluding carboxylic acids is 2. The van der Waals surface area contributed by atoms with Gasteiger partial charge in [0, 0.05) is 31.3 Å². The molecule has 0 aromatic heterocycles. The average molecular weight is 384 g/mol. The summed E-state index contributed by atoms with van der Waals surface area (Å²) in [7, 11) is 0. The van der Waals surface area contributed by atoms with Crippen LogP contribution in [0.4, 0.5) is 14.5 Å². The van der Waals surface area contributed by atoms with Gasteiger partial charge in [0.1, 0.15) is 11.6 Å². The summed E-state index contributed by atoms with van der Waals surface area (Å²) in [5, 5.41) is 0. The molecule has 0 aliphatic carbocycles. The van der Waals surface area contributed by atoms with Crippen LogP contribution >= 0.6 is 0 Å². The number of hydrogen-bond donors (Lipinski definition) is 0. The lowest BCUT2D eigenvalue weighted by molar-refractivity contribution is -0.136. The Morgan fingerprint density at radius 1 is 1.11 bits per heavy atom. The lowest BCUT2D eigenvalue weighted by atomic mass is 9.98. The molecule has 146 valence electrons. The smallest absolute Gasteiger partial charge is 0.228 e. The summed E-state index contributed by atoms with van der Waals surface area (Å²) in [6.07, 6.45) is 1.88. The third-order valence-electron chi connectivity index (χ3n) is 5.72. The molecule has 2 aromatic carbocycles. The van der Waals surface area contributed by atoms with E-state index in [1.54, 1.807) is 0 Å². The Balaban J connectivity index is 1.54. The third-order valence-corrected chi connectivity index (χ3v) is 5.72. The lowest BCUT2D eigenvalue weighted by Crippen LogP contribution is -2.37. The van der Waals surface area contributed by atoms with Gasteiger partial charge in [0.25, 0.3) is 0 Å². The second-order valence-electron chi connectivity index (χ2n) is 7.58. The van der Waals surface area contributed by atoms with Gasteiger partial charge in [-0.05, 0) is 43.0 Å². The van der Waals surface area contributed by atoms with Crippen LogP contribution in [-0.2, 0) is 9.59 Å². The van der Waals surface area contributed by atoms with Crippen LogP contribution in [0, 0.1) is 24.5 Å². The third kappa shape index (κ3) is 3.39. The number of benzene rings is 2. The van der Waals surface area contributed by atoms with Gasteiger partial charge in [-0.1, -0.05) is 24.3 Å². The highest BCUT2D eigenvalue weighted by Gasteiger charge is 2.41. The fourth-order valence-electron chi connectivity index (χ4n) is 4.37. The van der Waals surface area contributed by atoms with E-state index in [1.165, 1.54) is 4.90 Å². The standard InChI is InChI=1S/C22H22F2N2O2/c1-14-5-2-3-6-19(14)20-7-4-8-25(20)22(28)15-9-21(27)26(13-15)18-11-16(23)10-17(24)12-18/h2-3,5-6,10-12,15,20H,4,7-9,13H2,1H3/t15-,20+/m0/s1. The number of halogens is 2. The minimum atomic E-state index is -0.739. The zero-order chi connectivity index (χ0) is 19.8. The Bertz CT molecular complexity index is 910. The first-order chi connectivity index (χ1) is 13.4. The van der Waals surface area contributed by atoms with Gasteiger partial charge in [0.05, 0.1) is 12.0 Å². The molecule has 0 saturated carbocycles.